The van der Waals surface area contributed by atoms with Crippen LogP contribution in [0.2, 0.25) is 0 Å². The number of ether oxygens (including phenoxy) is 1. The zero-order chi connectivity index (χ0) is 21.7. The molecule has 0 unspecified atom stereocenters. The summed E-state index contributed by atoms with van der Waals surface area (Å²) in [5.74, 6) is -0.707. The Morgan fingerprint density at radius 3 is 2.43 bits per heavy atom. The lowest BCUT2D eigenvalue weighted by Gasteiger charge is -2.20. The van der Waals surface area contributed by atoms with Gasteiger partial charge < -0.3 is 15.0 Å². The fourth-order valence-corrected chi connectivity index (χ4v) is 2.82. The Hall–Kier alpha value is -3.62. The van der Waals surface area contributed by atoms with Gasteiger partial charge >= 0.3 is 6.18 Å². The molecule has 6 nitrogen and oxygen atoms in total. The van der Waals surface area contributed by atoms with E-state index in [2.05, 4.69) is 15.3 Å². The quantitative estimate of drug-likeness (QED) is 0.640. The summed E-state index contributed by atoms with van der Waals surface area (Å²) >= 11 is 0. The lowest BCUT2D eigenvalue weighted by Crippen LogP contribution is -2.29. The average Bonchev–Trinajstić information content (AvgIpc) is 2.73. The third-order valence-corrected chi connectivity index (χ3v) is 4.25. The van der Waals surface area contributed by atoms with Crippen LogP contribution >= 0.6 is 0 Å². The summed E-state index contributed by atoms with van der Waals surface area (Å²) in [5.41, 5.74) is -0.739. The maximum absolute atomic E-state index is 13.6. The molecule has 0 aliphatic carbocycles. The van der Waals surface area contributed by atoms with Gasteiger partial charge in [-0.25, -0.2) is 9.97 Å². The van der Waals surface area contributed by atoms with Crippen LogP contribution in [0.1, 0.15) is 21.6 Å². The van der Waals surface area contributed by atoms with Gasteiger partial charge in [-0.1, -0.05) is 42.5 Å². The molecule has 0 saturated carbocycles. The van der Waals surface area contributed by atoms with E-state index in [-0.39, 0.29) is 12.5 Å². The summed E-state index contributed by atoms with van der Waals surface area (Å²) < 4.78 is 46.1. The summed E-state index contributed by atoms with van der Waals surface area (Å²) in [5, 5.41) is 2.70. The molecule has 9 heteroatoms. The standard InChI is InChI=1S/C21H19F3N4O2/c1-28(13-14-8-4-3-5-9-14)19(29)15-12-25-20(27-18(15)21(22,23)24)26-16-10-6-7-11-17(16)30-2/h3-12H,13H2,1-2H3,(H,25,26,27). The highest BCUT2D eigenvalue weighted by Gasteiger charge is 2.38. The van der Waals surface area contributed by atoms with Crippen LogP contribution in [-0.2, 0) is 12.7 Å². The minimum atomic E-state index is -4.83. The third kappa shape index (κ3) is 4.86. The minimum absolute atomic E-state index is 0.151. The maximum Gasteiger partial charge on any atom is 0.434 e. The van der Waals surface area contributed by atoms with Gasteiger partial charge in [0.1, 0.15) is 5.75 Å². The Labute approximate surface area is 171 Å². The van der Waals surface area contributed by atoms with Gasteiger partial charge in [0.15, 0.2) is 5.69 Å². The highest BCUT2D eigenvalue weighted by Crippen LogP contribution is 2.33. The van der Waals surface area contributed by atoms with Gasteiger partial charge in [-0.3, -0.25) is 4.79 Å². The molecule has 3 aromatic rings. The molecule has 0 aliphatic rings. The molecule has 3 rings (SSSR count). The molecule has 1 heterocycles. The molecule has 0 radical (unpaired) electrons. The van der Waals surface area contributed by atoms with Crippen LogP contribution in [0.15, 0.2) is 60.8 Å². The molecule has 0 spiro atoms. The number of carbonyl (C=O) groups excluding carboxylic acids is 1. The van der Waals surface area contributed by atoms with E-state index in [1.54, 1.807) is 48.5 Å². The Kier molecular flexibility index (Phi) is 6.20. The van der Waals surface area contributed by atoms with Gasteiger partial charge in [-0.15, -0.1) is 0 Å². The summed E-state index contributed by atoms with van der Waals surface area (Å²) in [7, 11) is 2.86. The molecule has 0 atom stereocenters. The summed E-state index contributed by atoms with van der Waals surface area (Å²) in [6, 6.07) is 15.6. The number of nitrogens with one attached hydrogen (secondary N) is 1. The van der Waals surface area contributed by atoms with Crippen LogP contribution in [0, 0.1) is 0 Å². The van der Waals surface area contributed by atoms with E-state index in [1.807, 2.05) is 6.07 Å². The zero-order valence-corrected chi connectivity index (χ0v) is 16.3. The van der Waals surface area contributed by atoms with Gasteiger partial charge in [0.25, 0.3) is 5.91 Å². The fourth-order valence-electron chi connectivity index (χ4n) is 2.82. The number of aromatic nitrogens is 2. The first kappa shape index (κ1) is 21.1. The molecular formula is C21H19F3N4O2. The van der Waals surface area contributed by atoms with Crippen LogP contribution in [0.5, 0.6) is 5.75 Å². The third-order valence-electron chi connectivity index (χ3n) is 4.25. The second-order valence-electron chi connectivity index (χ2n) is 6.43. The van der Waals surface area contributed by atoms with E-state index in [0.29, 0.717) is 11.4 Å². The summed E-state index contributed by atoms with van der Waals surface area (Å²) in [6.45, 7) is 0.151. The number of methoxy groups -OCH3 is 1. The van der Waals surface area contributed by atoms with E-state index in [1.165, 1.54) is 19.1 Å². The Balaban J connectivity index is 1.90. The van der Waals surface area contributed by atoms with Crippen molar-refractivity contribution in [2.24, 2.45) is 0 Å². The van der Waals surface area contributed by atoms with Crippen LogP contribution in [0.3, 0.4) is 0 Å². The van der Waals surface area contributed by atoms with Gasteiger partial charge in [-0.2, -0.15) is 13.2 Å². The second-order valence-corrected chi connectivity index (χ2v) is 6.43. The lowest BCUT2D eigenvalue weighted by molar-refractivity contribution is -0.141. The molecule has 2 aromatic carbocycles. The molecule has 0 fully saturated rings. The monoisotopic (exact) mass is 416 g/mol. The number of alkyl halides is 3. The summed E-state index contributed by atoms with van der Waals surface area (Å²) in [6.07, 6.45) is -3.95. The van der Waals surface area contributed by atoms with Crippen LogP contribution in [-0.4, -0.2) is 34.9 Å². The van der Waals surface area contributed by atoms with E-state index < -0.39 is 23.3 Å². The number of amides is 1. The number of para-hydroxylation sites is 2. The SMILES string of the molecule is COc1ccccc1Nc1ncc(C(=O)N(C)Cc2ccccc2)c(C(F)(F)F)n1. The number of hydrogen-bond donors (Lipinski definition) is 1. The molecule has 0 aliphatic heterocycles. The van der Waals surface area contributed by atoms with Crippen molar-refractivity contribution >= 4 is 17.5 Å². The van der Waals surface area contributed by atoms with Crippen LogP contribution in [0.4, 0.5) is 24.8 Å². The maximum atomic E-state index is 13.6. The highest BCUT2D eigenvalue weighted by molar-refractivity contribution is 5.95. The van der Waals surface area contributed by atoms with Crippen LogP contribution < -0.4 is 10.1 Å². The highest BCUT2D eigenvalue weighted by atomic mass is 19.4. The van der Waals surface area contributed by atoms with Gasteiger partial charge in [0.05, 0.1) is 18.4 Å². The Morgan fingerprint density at radius 1 is 1.10 bits per heavy atom. The topological polar surface area (TPSA) is 67.3 Å². The summed E-state index contributed by atoms with van der Waals surface area (Å²) in [4.78, 5) is 21.4. The molecule has 0 bridgehead atoms. The van der Waals surface area contributed by atoms with Crippen molar-refractivity contribution in [1.29, 1.82) is 0 Å². The number of anilines is 2. The van der Waals surface area contributed by atoms with Crippen LogP contribution in [0.25, 0.3) is 0 Å². The number of halogens is 3. The van der Waals surface area contributed by atoms with Crippen molar-refractivity contribution < 1.29 is 22.7 Å². The second kappa shape index (κ2) is 8.81. The number of hydrogen-bond acceptors (Lipinski definition) is 5. The average molecular weight is 416 g/mol. The number of nitrogens with zero attached hydrogens (tertiary/aromatic N) is 3. The predicted molar refractivity (Wildman–Crippen MR) is 106 cm³/mol. The first-order valence-corrected chi connectivity index (χ1v) is 8.93. The zero-order valence-electron chi connectivity index (χ0n) is 16.3. The molecule has 0 saturated heterocycles. The molecular weight excluding hydrogens is 397 g/mol. The first-order valence-electron chi connectivity index (χ1n) is 8.93. The van der Waals surface area contributed by atoms with Crippen molar-refractivity contribution in [3.8, 4) is 5.75 Å². The Morgan fingerprint density at radius 2 is 1.77 bits per heavy atom. The normalized spacial score (nSPS) is 11.1. The predicted octanol–water partition coefficient (Wildman–Crippen LogP) is 4.52. The molecule has 30 heavy (non-hydrogen) atoms. The smallest absolute Gasteiger partial charge is 0.434 e. The molecule has 1 N–H and O–H groups in total. The van der Waals surface area contributed by atoms with Crippen molar-refractivity contribution in [2.75, 3.05) is 19.5 Å². The minimum Gasteiger partial charge on any atom is -0.495 e. The first-order chi connectivity index (χ1) is 14.3. The number of benzene rings is 2. The number of rotatable bonds is 6. The largest absolute Gasteiger partial charge is 0.495 e. The molecule has 1 aromatic heterocycles. The number of carbonyl (C=O) groups is 1. The van der Waals surface area contributed by atoms with E-state index in [4.69, 9.17) is 4.74 Å². The fraction of sp³-hybridized carbons (Fsp3) is 0.190. The van der Waals surface area contributed by atoms with Crippen molar-refractivity contribution in [3.05, 3.63) is 77.6 Å². The Bertz CT molecular complexity index is 1030. The lowest BCUT2D eigenvalue weighted by atomic mass is 10.1. The van der Waals surface area contributed by atoms with Crippen molar-refractivity contribution in [2.45, 2.75) is 12.7 Å². The molecule has 156 valence electrons. The van der Waals surface area contributed by atoms with E-state index in [9.17, 15) is 18.0 Å². The van der Waals surface area contributed by atoms with Crippen molar-refractivity contribution in [3.63, 3.8) is 0 Å². The molecule has 1 amide bonds. The van der Waals surface area contributed by atoms with Gasteiger partial charge in [0.2, 0.25) is 5.95 Å². The van der Waals surface area contributed by atoms with Gasteiger partial charge in [0, 0.05) is 19.8 Å². The van der Waals surface area contributed by atoms with Gasteiger partial charge in [-0.05, 0) is 17.7 Å². The van der Waals surface area contributed by atoms with E-state index >= 15 is 0 Å². The van der Waals surface area contributed by atoms with E-state index in [0.717, 1.165) is 11.8 Å². The van der Waals surface area contributed by atoms with Crippen molar-refractivity contribution in [1.82, 2.24) is 14.9 Å².